The molecular weight excluding hydrogens is 166 g/mol. The molecule has 0 spiro atoms. The number of rotatable bonds is 2. The standard InChI is InChI=1S/C9H9N3O/c10-12-9-11-8(6-13-9)7-4-2-1-3-5-7/h1-6H,10H2,(H,11,12). The van der Waals surface area contributed by atoms with Crippen LogP contribution in [-0.4, -0.2) is 4.98 Å². The van der Waals surface area contributed by atoms with Crippen LogP contribution in [0.4, 0.5) is 6.01 Å². The molecule has 0 saturated heterocycles. The molecule has 1 heterocycles. The number of anilines is 1. The predicted octanol–water partition coefficient (Wildman–Crippen LogP) is 1.63. The van der Waals surface area contributed by atoms with E-state index in [1.165, 1.54) is 0 Å². The first-order valence-electron chi connectivity index (χ1n) is 3.88. The topological polar surface area (TPSA) is 64.1 Å². The van der Waals surface area contributed by atoms with Crippen molar-refractivity contribution in [2.75, 3.05) is 5.43 Å². The first-order valence-corrected chi connectivity index (χ1v) is 3.88. The lowest BCUT2D eigenvalue weighted by molar-refractivity contribution is 0.573. The van der Waals surface area contributed by atoms with Crippen LogP contribution in [0.1, 0.15) is 0 Å². The van der Waals surface area contributed by atoms with Crippen molar-refractivity contribution in [1.29, 1.82) is 0 Å². The van der Waals surface area contributed by atoms with Gasteiger partial charge in [-0.05, 0) is 0 Å². The van der Waals surface area contributed by atoms with Gasteiger partial charge in [-0.1, -0.05) is 30.3 Å². The van der Waals surface area contributed by atoms with Gasteiger partial charge in [0.1, 0.15) is 12.0 Å². The molecule has 0 atom stereocenters. The maximum atomic E-state index is 5.13. The summed E-state index contributed by atoms with van der Waals surface area (Å²) in [5.41, 5.74) is 4.12. The van der Waals surface area contributed by atoms with E-state index in [2.05, 4.69) is 10.4 Å². The summed E-state index contributed by atoms with van der Waals surface area (Å²) in [5, 5.41) is 0. The molecule has 0 aliphatic heterocycles. The molecule has 0 fully saturated rings. The van der Waals surface area contributed by atoms with Crippen molar-refractivity contribution in [2.45, 2.75) is 0 Å². The Labute approximate surface area is 75.4 Å². The summed E-state index contributed by atoms with van der Waals surface area (Å²) in [6.45, 7) is 0. The highest BCUT2D eigenvalue weighted by Crippen LogP contribution is 2.19. The summed E-state index contributed by atoms with van der Waals surface area (Å²) in [5.74, 6) is 5.13. The van der Waals surface area contributed by atoms with Crippen LogP contribution in [0, 0.1) is 0 Å². The average Bonchev–Trinajstić information content (AvgIpc) is 2.67. The van der Waals surface area contributed by atoms with Crippen LogP contribution in [-0.2, 0) is 0 Å². The summed E-state index contributed by atoms with van der Waals surface area (Å²) in [4.78, 5) is 4.10. The molecule has 0 aliphatic rings. The summed E-state index contributed by atoms with van der Waals surface area (Å²) >= 11 is 0. The molecule has 0 unspecified atom stereocenters. The molecule has 0 radical (unpaired) electrons. The van der Waals surface area contributed by atoms with Crippen molar-refractivity contribution in [3.63, 3.8) is 0 Å². The van der Waals surface area contributed by atoms with Gasteiger partial charge in [-0.2, -0.15) is 4.98 Å². The molecule has 4 nitrogen and oxygen atoms in total. The second kappa shape index (κ2) is 3.28. The van der Waals surface area contributed by atoms with Gasteiger partial charge in [0.2, 0.25) is 0 Å². The van der Waals surface area contributed by atoms with Crippen molar-refractivity contribution in [3.05, 3.63) is 36.6 Å². The van der Waals surface area contributed by atoms with E-state index in [-0.39, 0.29) is 0 Å². The van der Waals surface area contributed by atoms with Crippen LogP contribution in [0.25, 0.3) is 11.3 Å². The second-order valence-corrected chi connectivity index (χ2v) is 2.55. The highest BCUT2D eigenvalue weighted by molar-refractivity contribution is 5.58. The van der Waals surface area contributed by atoms with E-state index < -0.39 is 0 Å². The largest absolute Gasteiger partial charge is 0.431 e. The lowest BCUT2D eigenvalue weighted by Gasteiger charge is -1.92. The molecule has 4 heteroatoms. The number of hydrazine groups is 1. The summed E-state index contributed by atoms with van der Waals surface area (Å²) in [7, 11) is 0. The third-order valence-electron chi connectivity index (χ3n) is 1.70. The lowest BCUT2D eigenvalue weighted by atomic mass is 10.2. The van der Waals surface area contributed by atoms with E-state index >= 15 is 0 Å². The fraction of sp³-hybridized carbons (Fsp3) is 0. The van der Waals surface area contributed by atoms with Crippen molar-refractivity contribution in [1.82, 2.24) is 4.98 Å². The van der Waals surface area contributed by atoms with Gasteiger partial charge < -0.3 is 4.42 Å². The number of hydrogen-bond acceptors (Lipinski definition) is 4. The van der Waals surface area contributed by atoms with Gasteiger partial charge in [0, 0.05) is 5.56 Å². The van der Waals surface area contributed by atoms with Crippen LogP contribution >= 0.6 is 0 Å². The fourth-order valence-electron chi connectivity index (χ4n) is 1.08. The Hall–Kier alpha value is -1.81. The Morgan fingerprint density at radius 1 is 1.23 bits per heavy atom. The highest BCUT2D eigenvalue weighted by atomic mass is 16.4. The first-order chi connectivity index (χ1) is 6.40. The summed E-state index contributed by atoms with van der Waals surface area (Å²) in [6.07, 6.45) is 1.56. The minimum absolute atomic E-state index is 0.318. The van der Waals surface area contributed by atoms with Crippen LogP contribution in [0.5, 0.6) is 0 Å². The number of oxazole rings is 1. The molecule has 0 saturated carbocycles. The normalized spacial score (nSPS) is 9.92. The predicted molar refractivity (Wildman–Crippen MR) is 49.7 cm³/mol. The summed E-state index contributed by atoms with van der Waals surface area (Å²) in [6, 6.07) is 10.1. The molecule has 2 aromatic rings. The van der Waals surface area contributed by atoms with E-state index in [1.54, 1.807) is 6.26 Å². The zero-order valence-electron chi connectivity index (χ0n) is 6.90. The Balaban J connectivity index is 2.36. The zero-order valence-corrected chi connectivity index (χ0v) is 6.90. The molecule has 0 amide bonds. The number of benzene rings is 1. The van der Waals surface area contributed by atoms with Crippen LogP contribution in [0.15, 0.2) is 41.0 Å². The molecule has 1 aromatic carbocycles. The molecule has 3 N–H and O–H groups in total. The van der Waals surface area contributed by atoms with Gasteiger partial charge in [0.25, 0.3) is 0 Å². The molecule has 0 bridgehead atoms. The van der Waals surface area contributed by atoms with Crippen LogP contribution in [0.3, 0.4) is 0 Å². The van der Waals surface area contributed by atoms with Crippen LogP contribution < -0.4 is 11.3 Å². The molecule has 2 rings (SSSR count). The van der Waals surface area contributed by atoms with E-state index in [0.29, 0.717) is 6.01 Å². The molecule has 13 heavy (non-hydrogen) atoms. The Kier molecular flexibility index (Phi) is 1.97. The van der Waals surface area contributed by atoms with E-state index in [0.717, 1.165) is 11.3 Å². The van der Waals surface area contributed by atoms with Gasteiger partial charge in [-0.25, -0.2) is 5.84 Å². The number of hydrogen-bond donors (Lipinski definition) is 2. The van der Waals surface area contributed by atoms with E-state index in [9.17, 15) is 0 Å². The third-order valence-corrected chi connectivity index (χ3v) is 1.70. The number of nitrogens with zero attached hydrogens (tertiary/aromatic N) is 1. The number of nitrogens with one attached hydrogen (secondary N) is 1. The van der Waals surface area contributed by atoms with Crippen molar-refractivity contribution < 1.29 is 4.42 Å². The minimum Gasteiger partial charge on any atom is -0.431 e. The second-order valence-electron chi connectivity index (χ2n) is 2.55. The Morgan fingerprint density at radius 2 is 2.00 bits per heavy atom. The van der Waals surface area contributed by atoms with Gasteiger partial charge in [-0.3, -0.25) is 5.43 Å². The maximum absolute atomic E-state index is 5.13. The molecule has 66 valence electrons. The fourth-order valence-corrected chi connectivity index (χ4v) is 1.08. The number of aromatic nitrogens is 1. The smallest absolute Gasteiger partial charge is 0.309 e. The monoisotopic (exact) mass is 175 g/mol. The third kappa shape index (κ3) is 1.52. The highest BCUT2D eigenvalue weighted by Gasteiger charge is 2.02. The summed E-state index contributed by atoms with van der Waals surface area (Å²) < 4.78 is 5.02. The SMILES string of the molecule is NNc1nc(-c2ccccc2)co1. The Morgan fingerprint density at radius 3 is 2.62 bits per heavy atom. The minimum atomic E-state index is 0.318. The quantitative estimate of drug-likeness (QED) is 0.537. The zero-order chi connectivity index (χ0) is 9.10. The van der Waals surface area contributed by atoms with Crippen LogP contribution in [0.2, 0.25) is 0 Å². The van der Waals surface area contributed by atoms with Gasteiger partial charge >= 0.3 is 6.01 Å². The van der Waals surface area contributed by atoms with Crippen molar-refractivity contribution >= 4 is 6.01 Å². The Bertz CT molecular complexity index is 383. The van der Waals surface area contributed by atoms with Gasteiger partial charge in [0.15, 0.2) is 0 Å². The molecule has 0 aliphatic carbocycles. The van der Waals surface area contributed by atoms with Gasteiger partial charge in [-0.15, -0.1) is 0 Å². The average molecular weight is 175 g/mol. The number of nitrogens with two attached hydrogens (primary N) is 1. The van der Waals surface area contributed by atoms with E-state index in [1.807, 2.05) is 30.3 Å². The number of nitrogen functional groups attached to an aromatic ring is 1. The van der Waals surface area contributed by atoms with E-state index in [4.69, 9.17) is 10.3 Å². The molecular formula is C9H9N3O. The van der Waals surface area contributed by atoms with Gasteiger partial charge in [0.05, 0.1) is 0 Å². The molecule has 1 aromatic heterocycles. The van der Waals surface area contributed by atoms with Crippen molar-refractivity contribution in [2.24, 2.45) is 5.84 Å². The first kappa shape index (κ1) is 7.82. The van der Waals surface area contributed by atoms with Crippen molar-refractivity contribution in [3.8, 4) is 11.3 Å². The maximum Gasteiger partial charge on any atom is 0.309 e. The lowest BCUT2D eigenvalue weighted by Crippen LogP contribution is -2.06.